The third-order valence-electron chi connectivity index (χ3n) is 6.33. The fourth-order valence-corrected chi connectivity index (χ4v) is 4.82. The van der Waals surface area contributed by atoms with Crippen LogP contribution in [0.25, 0.3) is 11.1 Å². The summed E-state index contributed by atoms with van der Waals surface area (Å²) in [5.41, 5.74) is 1.87. The molecule has 0 aliphatic carbocycles. The number of anilines is 1. The van der Waals surface area contributed by atoms with Crippen molar-refractivity contribution in [3.8, 4) is 11.1 Å². The zero-order valence-corrected chi connectivity index (χ0v) is 20.2. The lowest BCUT2D eigenvalue weighted by molar-refractivity contribution is -0.137. The molecule has 0 saturated carbocycles. The Hall–Kier alpha value is -2.74. The predicted molar refractivity (Wildman–Crippen MR) is 134 cm³/mol. The lowest BCUT2D eigenvalue weighted by Crippen LogP contribution is -2.48. The Morgan fingerprint density at radius 2 is 1.66 bits per heavy atom. The summed E-state index contributed by atoms with van der Waals surface area (Å²) in [5, 5.41) is 8.94. The Morgan fingerprint density at radius 1 is 0.943 bits per heavy atom. The maximum atomic E-state index is 13.1. The Morgan fingerprint density at radius 3 is 2.31 bits per heavy atom. The van der Waals surface area contributed by atoms with Crippen LogP contribution in [-0.4, -0.2) is 25.7 Å². The standard InChI is InChI=1S/C26H24Cl2F3N3O/c27-20-3-1-2-18(14-20)17-4-6-19(7-5-17)25(10-12-32-13-11-25)16-33-24(35)34-21-8-9-23(28)22(15-21)26(29,30)31/h1-9,14-15,32H,10-13,16H2,(H2,33,34,35). The largest absolute Gasteiger partial charge is 0.417 e. The molecule has 1 aliphatic rings. The van der Waals surface area contributed by atoms with Gasteiger partial charge in [0, 0.05) is 22.7 Å². The predicted octanol–water partition coefficient (Wildman–Crippen LogP) is 7.12. The summed E-state index contributed by atoms with van der Waals surface area (Å²) >= 11 is 11.8. The second kappa shape index (κ2) is 10.5. The summed E-state index contributed by atoms with van der Waals surface area (Å²) in [6.07, 6.45) is -2.99. The average Bonchev–Trinajstić information content (AvgIpc) is 2.84. The molecule has 9 heteroatoms. The summed E-state index contributed by atoms with van der Waals surface area (Å²) in [6.45, 7) is 1.94. The van der Waals surface area contributed by atoms with E-state index >= 15 is 0 Å². The van der Waals surface area contributed by atoms with Crippen LogP contribution >= 0.6 is 23.2 Å². The lowest BCUT2D eigenvalue weighted by Gasteiger charge is -2.38. The van der Waals surface area contributed by atoms with Crippen LogP contribution in [0.1, 0.15) is 24.0 Å². The number of carbonyl (C=O) groups is 1. The molecule has 0 aromatic heterocycles. The number of amides is 2. The van der Waals surface area contributed by atoms with Crippen LogP contribution in [0.4, 0.5) is 23.7 Å². The maximum absolute atomic E-state index is 13.1. The lowest BCUT2D eigenvalue weighted by atomic mass is 9.73. The maximum Gasteiger partial charge on any atom is 0.417 e. The van der Waals surface area contributed by atoms with Gasteiger partial charge in [-0.1, -0.05) is 59.6 Å². The van der Waals surface area contributed by atoms with Crippen LogP contribution in [0.3, 0.4) is 0 Å². The van der Waals surface area contributed by atoms with Crippen LogP contribution in [0.2, 0.25) is 10.0 Å². The van der Waals surface area contributed by atoms with E-state index in [1.165, 1.54) is 6.07 Å². The minimum absolute atomic E-state index is 0.0180. The molecule has 35 heavy (non-hydrogen) atoms. The van der Waals surface area contributed by atoms with Gasteiger partial charge in [0.2, 0.25) is 0 Å². The number of piperidine rings is 1. The molecule has 4 rings (SSSR count). The van der Waals surface area contributed by atoms with E-state index in [2.05, 4.69) is 28.1 Å². The van der Waals surface area contributed by atoms with Gasteiger partial charge in [0.25, 0.3) is 0 Å². The fraction of sp³-hybridized carbons (Fsp3) is 0.269. The summed E-state index contributed by atoms with van der Waals surface area (Å²) in [7, 11) is 0. The van der Waals surface area contributed by atoms with Crippen LogP contribution in [-0.2, 0) is 11.6 Å². The van der Waals surface area contributed by atoms with E-state index < -0.39 is 22.8 Å². The molecule has 2 amide bonds. The first kappa shape index (κ1) is 25.4. The fourth-order valence-electron chi connectivity index (χ4n) is 4.40. The van der Waals surface area contributed by atoms with Gasteiger partial charge in [-0.2, -0.15) is 13.2 Å². The van der Waals surface area contributed by atoms with Gasteiger partial charge >= 0.3 is 12.2 Å². The van der Waals surface area contributed by atoms with Gasteiger partial charge in [0.05, 0.1) is 10.6 Å². The number of urea groups is 1. The molecule has 0 bridgehead atoms. The molecule has 0 unspecified atom stereocenters. The zero-order valence-electron chi connectivity index (χ0n) is 18.7. The van der Waals surface area contributed by atoms with E-state index in [1.54, 1.807) is 0 Å². The molecular formula is C26H24Cl2F3N3O. The molecule has 184 valence electrons. The van der Waals surface area contributed by atoms with E-state index in [1.807, 2.05) is 36.4 Å². The highest BCUT2D eigenvalue weighted by molar-refractivity contribution is 6.31. The van der Waals surface area contributed by atoms with Gasteiger partial charge in [-0.25, -0.2) is 4.79 Å². The highest BCUT2D eigenvalue weighted by Gasteiger charge is 2.35. The van der Waals surface area contributed by atoms with E-state index in [4.69, 9.17) is 23.2 Å². The first-order valence-electron chi connectivity index (χ1n) is 11.2. The summed E-state index contributed by atoms with van der Waals surface area (Å²) in [6, 6.07) is 18.6. The van der Waals surface area contributed by atoms with Crippen molar-refractivity contribution in [1.29, 1.82) is 0 Å². The highest BCUT2D eigenvalue weighted by Crippen LogP contribution is 2.37. The first-order valence-corrected chi connectivity index (χ1v) is 11.9. The first-order chi connectivity index (χ1) is 16.7. The third kappa shape index (κ3) is 6.10. The van der Waals surface area contributed by atoms with Crippen LogP contribution < -0.4 is 16.0 Å². The summed E-state index contributed by atoms with van der Waals surface area (Å²) < 4.78 is 39.4. The minimum Gasteiger partial charge on any atom is -0.337 e. The number of benzene rings is 3. The summed E-state index contributed by atoms with van der Waals surface area (Å²) in [5.74, 6) is 0. The van der Waals surface area contributed by atoms with Crippen molar-refractivity contribution in [1.82, 2.24) is 10.6 Å². The second-order valence-electron chi connectivity index (χ2n) is 8.62. The van der Waals surface area contributed by atoms with Crippen molar-refractivity contribution >= 4 is 34.9 Å². The third-order valence-corrected chi connectivity index (χ3v) is 6.90. The Labute approximate surface area is 211 Å². The number of nitrogens with one attached hydrogen (secondary N) is 3. The number of hydrogen-bond acceptors (Lipinski definition) is 2. The quantitative estimate of drug-likeness (QED) is 0.334. The number of alkyl halides is 3. The molecule has 3 aromatic carbocycles. The van der Waals surface area contributed by atoms with E-state index in [0.717, 1.165) is 54.8 Å². The zero-order chi connectivity index (χ0) is 25.1. The molecule has 1 heterocycles. The summed E-state index contributed by atoms with van der Waals surface area (Å²) in [4.78, 5) is 12.6. The molecule has 0 spiro atoms. The van der Waals surface area contributed by atoms with Crippen molar-refractivity contribution in [2.45, 2.75) is 24.4 Å². The molecule has 3 aromatic rings. The van der Waals surface area contributed by atoms with Crippen molar-refractivity contribution in [2.75, 3.05) is 25.0 Å². The van der Waals surface area contributed by atoms with E-state index in [9.17, 15) is 18.0 Å². The van der Waals surface area contributed by atoms with Gasteiger partial charge < -0.3 is 16.0 Å². The second-order valence-corrected chi connectivity index (χ2v) is 9.46. The monoisotopic (exact) mass is 521 g/mol. The van der Waals surface area contributed by atoms with Crippen molar-refractivity contribution in [3.63, 3.8) is 0 Å². The Balaban J connectivity index is 1.48. The van der Waals surface area contributed by atoms with Gasteiger partial charge in [-0.05, 0) is 73.0 Å². The van der Waals surface area contributed by atoms with Crippen LogP contribution in [0.15, 0.2) is 66.7 Å². The normalized spacial score (nSPS) is 15.5. The number of halogens is 5. The van der Waals surface area contributed by atoms with E-state index in [0.29, 0.717) is 11.6 Å². The molecule has 4 nitrogen and oxygen atoms in total. The van der Waals surface area contributed by atoms with Crippen LogP contribution in [0, 0.1) is 0 Å². The number of hydrogen-bond donors (Lipinski definition) is 3. The highest BCUT2D eigenvalue weighted by atomic mass is 35.5. The molecule has 1 aliphatic heterocycles. The van der Waals surface area contributed by atoms with E-state index in [-0.39, 0.29) is 11.1 Å². The molecule has 0 atom stereocenters. The number of rotatable bonds is 5. The Bertz CT molecular complexity index is 1190. The minimum atomic E-state index is -4.61. The van der Waals surface area contributed by atoms with Crippen LogP contribution in [0.5, 0.6) is 0 Å². The van der Waals surface area contributed by atoms with Crippen molar-refractivity contribution < 1.29 is 18.0 Å². The Kier molecular flexibility index (Phi) is 7.59. The SMILES string of the molecule is O=C(NCC1(c2ccc(-c3cccc(Cl)c3)cc2)CCNCC1)Nc1ccc(Cl)c(C(F)(F)F)c1. The van der Waals surface area contributed by atoms with Gasteiger partial charge in [0.1, 0.15) is 0 Å². The number of carbonyl (C=O) groups excluding carboxylic acids is 1. The van der Waals surface area contributed by atoms with Gasteiger partial charge in [0.15, 0.2) is 0 Å². The molecule has 1 fully saturated rings. The topological polar surface area (TPSA) is 53.2 Å². The molecular weight excluding hydrogens is 498 g/mol. The van der Waals surface area contributed by atoms with Crippen molar-refractivity contribution in [3.05, 3.63) is 87.9 Å². The van der Waals surface area contributed by atoms with Gasteiger partial charge in [-0.15, -0.1) is 0 Å². The smallest absolute Gasteiger partial charge is 0.337 e. The van der Waals surface area contributed by atoms with Crippen molar-refractivity contribution in [2.24, 2.45) is 0 Å². The molecule has 3 N–H and O–H groups in total. The molecule has 1 saturated heterocycles. The average molecular weight is 522 g/mol. The van der Waals surface area contributed by atoms with Gasteiger partial charge in [-0.3, -0.25) is 0 Å². The molecule has 0 radical (unpaired) electrons.